The summed E-state index contributed by atoms with van der Waals surface area (Å²) in [5.41, 5.74) is 3.06. The number of aryl methyl sites for hydroxylation is 1. The first-order valence-corrected chi connectivity index (χ1v) is 9.89. The summed E-state index contributed by atoms with van der Waals surface area (Å²) in [6, 6.07) is 11.5. The molecule has 7 nitrogen and oxygen atoms in total. The molecule has 3 rings (SSSR count). The molecule has 0 aliphatic rings. The van der Waals surface area contributed by atoms with E-state index in [0.717, 1.165) is 17.0 Å². The van der Waals surface area contributed by atoms with E-state index >= 15 is 0 Å². The number of hydrogen-bond donors (Lipinski definition) is 1. The zero-order valence-corrected chi connectivity index (χ0v) is 17.3. The summed E-state index contributed by atoms with van der Waals surface area (Å²) < 4.78 is 7.06. The van der Waals surface area contributed by atoms with Crippen LogP contribution in [0.5, 0.6) is 0 Å². The van der Waals surface area contributed by atoms with Gasteiger partial charge in [-0.15, -0.1) is 10.2 Å². The van der Waals surface area contributed by atoms with E-state index in [-0.39, 0.29) is 5.13 Å². The van der Waals surface area contributed by atoms with Gasteiger partial charge in [0.05, 0.1) is 6.61 Å². The average Bonchev–Trinajstić information content (AvgIpc) is 3.29. The molecule has 1 aromatic carbocycles. The molecule has 0 bridgehead atoms. The van der Waals surface area contributed by atoms with E-state index in [0.29, 0.717) is 23.7 Å². The lowest BCUT2D eigenvalue weighted by Gasteiger charge is -2.08. The van der Waals surface area contributed by atoms with Crippen LogP contribution in [-0.2, 0) is 16.1 Å². The number of amides is 1. The fourth-order valence-electron chi connectivity index (χ4n) is 2.92. The molecule has 2 aromatic heterocycles. The fraction of sp³-hybridized carbons (Fsp3) is 0.238. The van der Waals surface area contributed by atoms with Gasteiger partial charge in [-0.05, 0) is 31.6 Å². The zero-order chi connectivity index (χ0) is 20.8. The molecule has 0 radical (unpaired) electrons. The zero-order valence-electron chi connectivity index (χ0n) is 16.5. The van der Waals surface area contributed by atoms with E-state index in [2.05, 4.69) is 15.5 Å². The second-order valence-electron chi connectivity index (χ2n) is 6.40. The quantitative estimate of drug-likeness (QED) is 0.453. The minimum Gasteiger partial charge on any atom is -0.383 e. The molecule has 0 atom stereocenters. The van der Waals surface area contributed by atoms with Crippen LogP contribution in [0.2, 0.25) is 0 Å². The number of carbonyl (C=O) groups is 2. The van der Waals surface area contributed by atoms with E-state index in [1.807, 2.05) is 60.9 Å². The van der Waals surface area contributed by atoms with Crippen molar-refractivity contribution >= 4 is 40.3 Å². The van der Waals surface area contributed by atoms with Gasteiger partial charge in [-0.3, -0.25) is 14.9 Å². The molecular weight excluding hydrogens is 388 g/mol. The number of nitrogens with zero attached hydrogens (tertiary/aromatic N) is 3. The number of rotatable bonds is 8. The van der Waals surface area contributed by atoms with Crippen LogP contribution in [-0.4, -0.2) is 40.2 Å². The van der Waals surface area contributed by atoms with Gasteiger partial charge in [-0.2, -0.15) is 0 Å². The Balaban J connectivity index is 1.67. The molecule has 1 N–H and O–H groups in total. The highest BCUT2D eigenvalue weighted by atomic mass is 32.1. The summed E-state index contributed by atoms with van der Waals surface area (Å²) >= 11 is 1.20. The molecule has 8 heteroatoms. The van der Waals surface area contributed by atoms with Crippen molar-refractivity contribution < 1.29 is 14.3 Å². The van der Waals surface area contributed by atoms with Gasteiger partial charge in [-0.25, -0.2) is 0 Å². The number of ether oxygens (including phenoxy) is 1. The summed E-state index contributed by atoms with van der Waals surface area (Å²) in [5.74, 6) is -1.33. The first-order chi connectivity index (χ1) is 14.0. The minimum absolute atomic E-state index is 0.282. The van der Waals surface area contributed by atoms with Crippen LogP contribution in [0, 0.1) is 13.8 Å². The molecule has 0 spiro atoms. The third-order valence-corrected chi connectivity index (χ3v) is 5.23. The molecule has 0 aliphatic heterocycles. The Kier molecular flexibility index (Phi) is 6.69. The van der Waals surface area contributed by atoms with Crippen LogP contribution in [0.1, 0.15) is 32.3 Å². The Morgan fingerprint density at radius 3 is 2.66 bits per heavy atom. The van der Waals surface area contributed by atoms with Crippen molar-refractivity contribution in [3.8, 4) is 0 Å². The second kappa shape index (κ2) is 9.40. The van der Waals surface area contributed by atoms with Crippen LogP contribution in [0.3, 0.4) is 0 Å². The Hall–Kier alpha value is -3.10. The highest BCUT2D eigenvalue weighted by Crippen LogP contribution is 2.20. The Bertz CT molecular complexity index is 1040. The smallest absolute Gasteiger partial charge is 0.298 e. The van der Waals surface area contributed by atoms with Crippen molar-refractivity contribution in [3.63, 3.8) is 0 Å². The van der Waals surface area contributed by atoms with Gasteiger partial charge in [0.2, 0.25) is 5.13 Å². The van der Waals surface area contributed by atoms with Gasteiger partial charge < -0.3 is 9.30 Å². The number of nitrogens with one attached hydrogen (secondary N) is 1. The lowest BCUT2D eigenvalue weighted by Crippen LogP contribution is -2.23. The molecular formula is C21H22N4O3S. The number of benzene rings is 1. The van der Waals surface area contributed by atoms with Gasteiger partial charge in [0.15, 0.2) is 0 Å². The van der Waals surface area contributed by atoms with E-state index in [9.17, 15) is 9.59 Å². The molecule has 29 heavy (non-hydrogen) atoms. The highest BCUT2D eigenvalue weighted by molar-refractivity contribution is 7.16. The van der Waals surface area contributed by atoms with Crippen LogP contribution >= 0.6 is 11.3 Å². The van der Waals surface area contributed by atoms with Crippen molar-refractivity contribution in [2.45, 2.75) is 20.4 Å². The molecule has 0 aliphatic carbocycles. The molecule has 0 saturated carbocycles. The number of Topliss-reactive ketones (excluding diaryl/α,β-unsaturated/α-hetero) is 1. The summed E-state index contributed by atoms with van der Waals surface area (Å²) in [4.78, 5) is 25.0. The summed E-state index contributed by atoms with van der Waals surface area (Å²) in [6.45, 7) is 4.87. The van der Waals surface area contributed by atoms with Crippen LogP contribution < -0.4 is 5.32 Å². The number of aromatic nitrogens is 3. The topological polar surface area (TPSA) is 86.1 Å². The summed E-state index contributed by atoms with van der Waals surface area (Å²) in [7, 11) is 1.62. The second-order valence-corrected chi connectivity index (χ2v) is 7.41. The normalized spacial score (nSPS) is 11.1. The van der Waals surface area contributed by atoms with Crippen molar-refractivity contribution in [3.05, 3.63) is 63.9 Å². The Morgan fingerprint density at radius 1 is 1.17 bits per heavy atom. The van der Waals surface area contributed by atoms with Gasteiger partial charge >= 0.3 is 0 Å². The van der Waals surface area contributed by atoms with E-state index in [1.165, 1.54) is 11.3 Å². The van der Waals surface area contributed by atoms with Gasteiger partial charge in [-0.1, -0.05) is 47.7 Å². The molecule has 1 amide bonds. The fourth-order valence-corrected chi connectivity index (χ4v) is 3.56. The molecule has 0 saturated heterocycles. The Morgan fingerprint density at radius 2 is 1.93 bits per heavy atom. The van der Waals surface area contributed by atoms with Gasteiger partial charge in [0, 0.05) is 30.6 Å². The lowest BCUT2D eigenvalue weighted by atomic mass is 10.1. The van der Waals surface area contributed by atoms with Crippen molar-refractivity contribution in [1.29, 1.82) is 0 Å². The standard InChI is InChI=1S/C21H22N4O3S/c1-14-13-17(15(2)25(14)11-12-28-3)19(26)20(27)22-21-24-23-18(29-21)10-9-16-7-5-4-6-8-16/h4-10,13H,11-12H2,1-3H3,(H,22,24,27). The number of methoxy groups -OCH3 is 1. The van der Waals surface area contributed by atoms with E-state index in [4.69, 9.17) is 4.74 Å². The maximum absolute atomic E-state index is 12.6. The third kappa shape index (κ3) is 5.04. The van der Waals surface area contributed by atoms with E-state index in [1.54, 1.807) is 13.2 Å². The predicted octanol–water partition coefficient (Wildman–Crippen LogP) is 3.59. The van der Waals surface area contributed by atoms with Crippen LogP contribution in [0.25, 0.3) is 12.2 Å². The Labute approximate surface area is 173 Å². The number of anilines is 1. The number of carbonyl (C=O) groups excluding carboxylic acids is 2. The monoisotopic (exact) mass is 410 g/mol. The predicted molar refractivity (Wildman–Crippen MR) is 114 cm³/mol. The average molecular weight is 410 g/mol. The highest BCUT2D eigenvalue weighted by Gasteiger charge is 2.23. The van der Waals surface area contributed by atoms with E-state index < -0.39 is 11.7 Å². The summed E-state index contributed by atoms with van der Waals surface area (Å²) in [6.07, 6.45) is 3.72. The molecule has 0 fully saturated rings. The molecule has 0 unspecified atom stereocenters. The number of ketones is 1. The third-order valence-electron chi connectivity index (χ3n) is 4.42. The molecule has 3 aromatic rings. The minimum atomic E-state index is -0.730. The molecule has 2 heterocycles. The number of hydrogen-bond acceptors (Lipinski definition) is 6. The maximum Gasteiger partial charge on any atom is 0.298 e. The lowest BCUT2D eigenvalue weighted by molar-refractivity contribution is -0.112. The van der Waals surface area contributed by atoms with Crippen LogP contribution in [0.4, 0.5) is 5.13 Å². The largest absolute Gasteiger partial charge is 0.383 e. The van der Waals surface area contributed by atoms with Gasteiger partial charge in [0.1, 0.15) is 5.01 Å². The first kappa shape index (κ1) is 20.6. The first-order valence-electron chi connectivity index (χ1n) is 9.07. The molecule has 150 valence electrons. The van der Waals surface area contributed by atoms with Gasteiger partial charge in [0.25, 0.3) is 11.7 Å². The van der Waals surface area contributed by atoms with Crippen molar-refractivity contribution in [1.82, 2.24) is 14.8 Å². The SMILES string of the molecule is COCCn1c(C)cc(C(=O)C(=O)Nc2nnc(C=Cc3ccccc3)s2)c1C. The maximum atomic E-state index is 12.6. The van der Waals surface area contributed by atoms with Crippen molar-refractivity contribution in [2.24, 2.45) is 0 Å². The summed E-state index contributed by atoms with van der Waals surface area (Å²) in [5, 5.41) is 11.4. The van der Waals surface area contributed by atoms with Crippen molar-refractivity contribution in [2.75, 3.05) is 19.0 Å². The van der Waals surface area contributed by atoms with Crippen LogP contribution in [0.15, 0.2) is 36.4 Å².